The molecule has 0 bridgehead atoms. The second-order valence-electron chi connectivity index (χ2n) is 3.10. The fourth-order valence-corrected chi connectivity index (χ4v) is 1.51. The minimum atomic E-state index is 0.456. The SMILES string of the molecule is CC1CCC2=C(C1)OCO2. The van der Waals surface area contributed by atoms with Crippen LogP contribution in [0.1, 0.15) is 26.2 Å². The zero-order chi connectivity index (χ0) is 6.97. The Morgan fingerprint density at radius 3 is 3.00 bits per heavy atom. The molecule has 2 aliphatic rings. The van der Waals surface area contributed by atoms with Crippen LogP contribution in [0.3, 0.4) is 0 Å². The maximum atomic E-state index is 5.28. The first-order chi connectivity index (χ1) is 4.86. The summed E-state index contributed by atoms with van der Waals surface area (Å²) in [5.41, 5.74) is 0. The molecule has 1 heterocycles. The second kappa shape index (κ2) is 2.19. The third kappa shape index (κ3) is 0.877. The monoisotopic (exact) mass is 140 g/mol. The Morgan fingerprint density at radius 2 is 2.10 bits per heavy atom. The fraction of sp³-hybridized carbons (Fsp3) is 0.750. The van der Waals surface area contributed by atoms with Crippen molar-refractivity contribution in [2.75, 3.05) is 6.79 Å². The third-order valence-corrected chi connectivity index (χ3v) is 2.18. The molecule has 2 rings (SSSR count). The molecule has 0 saturated heterocycles. The van der Waals surface area contributed by atoms with Crippen molar-refractivity contribution in [3.63, 3.8) is 0 Å². The number of allylic oxidation sites excluding steroid dienone is 2. The maximum absolute atomic E-state index is 5.28. The number of hydrogen-bond acceptors (Lipinski definition) is 2. The van der Waals surface area contributed by atoms with Gasteiger partial charge in [-0.05, 0) is 12.3 Å². The van der Waals surface area contributed by atoms with Gasteiger partial charge in [-0.1, -0.05) is 6.92 Å². The van der Waals surface area contributed by atoms with Gasteiger partial charge in [-0.25, -0.2) is 0 Å². The summed E-state index contributed by atoms with van der Waals surface area (Å²) in [6, 6.07) is 0. The smallest absolute Gasteiger partial charge is 0.230 e. The van der Waals surface area contributed by atoms with Crippen LogP contribution in [-0.4, -0.2) is 6.79 Å². The number of ether oxygens (including phenoxy) is 2. The molecule has 0 aromatic heterocycles. The summed E-state index contributed by atoms with van der Waals surface area (Å²) in [4.78, 5) is 0. The molecule has 1 unspecified atom stereocenters. The van der Waals surface area contributed by atoms with Crippen LogP contribution in [0, 0.1) is 5.92 Å². The van der Waals surface area contributed by atoms with Crippen molar-refractivity contribution in [1.29, 1.82) is 0 Å². The van der Waals surface area contributed by atoms with Crippen LogP contribution in [-0.2, 0) is 9.47 Å². The summed E-state index contributed by atoms with van der Waals surface area (Å²) in [5, 5.41) is 0. The van der Waals surface area contributed by atoms with Gasteiger partial charge in [0.05, 0.1) is 0 Å². The highest BCUT2D eigenvalue weighted by Crippen LogP contribution is 2.33. The minimum absolute atomic E-state index is 0.456. The van der Waals surface area contributed by atoms with E-state index in [1.807, 2.05) is 0 Å². The van der Waals surface area contributed by atoms with Gasteiger partial charge in [0.1, 0.15) is 11.5 Å². The lowest BCUT2D eigenvalue weighted by Gasteiger charge is -2.16. The van der Waals surface area contributed by atoms with Crippen molar-refractivity contribution >= 4 is 0 Å². The highest BCUT2D eigenvalue weighted by Gasteiger charge is 2.24. The first-order valence-corrected chi connectivity index (χ1v) is 3.84. The summed E-state index contributed by atoms with van der Waals surface area (Å²) in [6.07, 6.45) is 3.41. The van der Waals surface area contributed by atoms with E-state index in [2.05, 4.69) is 6.92 Å². The lowest BCUT2D eigenvalue weighted by atomic mass is 9.94. The van der Waals surface area contributed by atoms with E-state index in [-0.39, 0.29) is 0 Å². The summed E-state index contributed by atoms with van der Waals surface area (Å²) in [7, 11) is 0. The van der Waals surface area contributed by atoms with E-state index in [0.717, 1.165) is 30.3 Å². The molecular formula is C8H12O2. The van der Waals surface area contributed by atoms with Gasteiger partial charge < -0.3 is 9.47 Å². The van der Waals surface area contributed by atoms with Gasteiger partial charge in [0, 0.05) is 12.8 Å². The van der Waals surface area contributed by atoms with Crippen molar-refractivity contribution in [2.45, 2.75) is 26.2 Å². The van der Waals surface area contributed by atoms with Crippen molar-refractivity contribution in [3.05, 3.63) is 11.5 Å². The molecule has 0 saturated carbocycles. The molecule has 0 fully saturated rings. The van der Waals surface area contributed by atoms with Crippen LogP contribution in [0.2, 0.25) is 0 Å². The molecule has 1 aliphatic carbocycles. The summed E-state index contributed by atoms with van der Waals surface area (Å²) >= 11 is 0. The highest BCUT2D eigenvalue weighted by atomic mass is 16.7. The molecule has 56 valence electrons. The Bertz CT molecular complexity index is 172. The van der Waals surface area contributed by atoms with Crippen molar-refractivity contribution in [1.82, 2.24) is 0 Å². The van der Waals surface area contributed by atoms with Gasteiger partial charge in [-0.3, -0.25) is 0 Å². The van der Waals surface area contributed by atoms with Gasteiger partial charge in [0.2, 0.25) is 6.79 Å². The zero-order valence-electron chi connectivity index (χ0n) is 6.22. The van der Waals surface area contributed by atoms with E-state index < -0.39 is 0 Å². The Hall–Kier alpha value is -0.660. The van der Waals surface area contributed by atoms with Gasteiger partial charge in [0.25, 0.3) is 0 Å². The van der Waals surface area contributed by atoms with Crippen LogP contribution in [0.15, 0.2) is 11.5 Å². The Labute approximate surface area is 60.8 Å². The van der Waals surface area contributed by atoms with Gasteiger partial charge in [-0.15, -0.1) is 0 Å². The predicted molar refractivity (Wildman–Crippen MR) is 37.1 cm³/mol. The molecule has 10 heavy (non-hydrogen) atoms. The molecule has 0 amide bonds. The quantitative estimate of drug-likeness (QED) is 0.512. The van der Waals surface area contributed by atoms with Crippen LogP contribution >= 0.6 is 0 Å². The maximum Gasteiger partial charge on any atom is 0.230 e. The van der Waals surface area contributed by atoms with E-state index in [9.17, 15) is 0 Å². The summed E-state index contributed by atoms with van der Waals surface area (Å²) < 4.78 is 10.5. The van der Waals surface area contributed by atoms with Gasteiger partial charge in [0.15, 0.2) is 0 Å². The van der Waals surface area contributed by atoms with Crippen molar-refractivity contribution in [3.8, 4) is 0 Å². The van der Waals surface area contributed by atoms with Crippen LogP contribution < -0.4 is 0 Å². The molecule has 2 nitrogen and oxygen atoms in total. The molecule has 0 aromatic rings. The molecule has 2 heteroatoms. The van der Waals surface area contributed by atoms with Crippen molar-refractivity contribution in [2.24, 2.45) is 5.92 Å². The van der Waals surface area contributed by atoms with E-state index in [0.29, 0.717) is 6.79 Å². The lowest BCUT2D eigenvalue weighted by molar-refractivity contribution is 0.0690. The third-order valence-electron chi connectivity index (χ3n) is 2.18. The average Bonchev–Trinajstić information content (AvgIpc) is 2.33. The first kappa shape index (κ1) is 6.08. The normalized spacial score (nSPS) is 31.1. The van der Waals surface area contributed by atoms with E-state index >= 15 is 0 Å². The standard InChI is InChI=1S/C8H12O2/c1-6-2-3-7-8(4-6)10-5-9-7/h6H,2-5H2,1H3. The predicted octanol–water partition coefficient (Wildman–Crippen LogP) is 2.02. The average molecular weight is 140 g/mol. The minimum Gasteiger partial charge on any atom is -0.458 e. The largest absolute Gasteiger partial charge is 0.458 e. The fourth-order valence-electron chi connectivity index (χ4n) is 1.51. The van der Waals surface area contributed by atoms with E-state index in [1.54, 1.807) is 0 Å². The van der Waals surface area contributed by atoms with Crippen LogP contribution in [0.5, 0.6) is 0 Å². The van der Waals surface area contributed by atoms with Crippen molar-refractivity contribution < 1.29 is 9.47 Å². The first-order valence-electron chi connectivity index (χ1n) is 3.84. The van der Waals surface area contributed by atoms with Crippen LogP contribution in [0.25, 0.3) is 0 Å². The van der Waals surface area contributed by atoms with Crippen LogP contribution in [0.4, 0.5) is 0 Å². The number of rotatable bonds is 0. The van der Waals surface area contributed by atoms with E-state index in [1.165, 1.54) is 6.42 Å². The summed E-state index contributed by atoms with van der Waals surface area (Å²) in [5.74, 6) is 3.00. The molecule has 0 aromatic carbocycles. The van der Waals surface area contributed by atoms with Gasteiger partial charge >= 0.3 is 0 Å². The Kier molecular flexibility index (Phi) is 1.33. The topological polar surface area (TPSA) is 18.5 Å². The second-order valence-corrected chi connectivity index (χ2v) is 3.10. The molecule has 0 radical (unpaired) electrons. The molecule has 1 atom stereocenters. The van der Waals surface area contributed by atoms with E-state index in [4.69, 9.17) is 9.47 Å². The highest BCUT2D eigenvalue weighted by molar-refractivity contribution is 5.08. The Morgan fingerprint density at radius 1 is 1.30 bits per heavy atom. The molecular weight excluding hydrogens is 128 g/mol. The molecule has 0 N–H and O–H groups in total. The molecule has 1 aliphatic heterocycles. The lowest BCUT2D eigenvalue weighted by Crippen LogP contribution is -2.04. The zero-order valence-corrected chi connectivity index (χ0v) is 6.22. The summed E-state index contributed by atoms with van der Waals surface area (Å²) in [6.45, 7) is 2.71. The number of hydrogen-bond donors (Lipinski definition) is 0. The Balaban J connectivity index is 2.13. The molecule has 0 spiro atoms. The van der Waals surface area contributed by atoms with Gasteiger partial charge in [-0.2, -0.15) is 0 Å².